The van der Waals surface area contributed by atoms with Crippen LogP contribution in [-0.2, 0) is 0 Å². The molecule has 0 saturated carbocycles. The van der Waals surface area contributed by atoms with E-state index in [-0.39, 0.29) is 0 Å². The van der Waals surface area contributed by atoms with E-state index in [0.29, 0.717) is 17.9 Å². The molecule has 1 aromatic carbocycles. The predicted molar refractivity (Wildman–Crippen MR) is 84.4 cm³/mol. The van der Waals surface area contributed by atoms with Crippen LogP contribution >= 0.6 is 0 Å². The third-order valence-electron chi connectivity index (χ3n) is 3.04. The zero-order chi connectivity index (χ0) is 15.2. The molecule has 0 spiro atoms. The van der Waals surface area contributed by atoms with Gasteiger partial charge in [-0.25, -0.2) is 0 Å². The number of nitrogens with zero attached hydrogens (tertiary/aromatic N) is 4. The number of nitrogens with one attached hydrogen (secondary N) is 1. The van der Waals surface area contributed by atoms with Crippen LogP contribution in [-0.4, -0.2) is 35.7 Å². The third-order valence-corrected chi connectivity index (χ3v) is 3.04. The number of rotatable bonds is 6. The van der Waals surface area contributed by atoms with Crippen molar-refractivity contribution in [2.24, 2.45) is 0 Å². The molecule has 0 unspecified atom stereocenters. The molecular weight excluding hydrogens is 266 g/mol. The van der Waals surface area contributed by atoms with Crippen LogP contribution in [0.2, 0.25) is 0 Å². The fourth-order valence-electron chi connectivity index (χ4n) is 1.79. The first-order valence-corrected chi connectivity index (χ1v) is 6.98. The average molecular weight is 287 g/mol. The Morgan fingerprint density at radius 2 is 1.86 bits per heavy atom. The standard InChI is InChI=1S/C15H21N5O/c1-5-10-16-13-17-14(19-15(18-13)21-4)20(3)12-8-6-11(2)7-9-12/h6-9H,5,10H2,1-4H3,(H,16,17,18,19). The van der Waals surface area contributed by atoms with Crippen LogP contribution in [0.4, 0.5) is 17.6 Å². The lowest BCUT2D eigenvalue weighted by Crippen LogP contribution is -2.16. The number of hydrogen-bond acceptors (Lipinski definition) is 6. The van der Waals surface area contributed by atoms with Crippen molar-refractivity contribution >= 4 is 17.6 Å². The van der Waals surface area contributed by atoms with Gasteiger partial charge in [0, 0.05) is 19.3 Å². The molecule has 0 bridgehead atoms. The molecule has 2 rings (SSSR count). The van der Waals surface area contributed by atoms with Gasteiger partial charge in [-0.15, -0.1) is 0 Å². The monoisotopic (exact) mass is 287 g/mol. The van der Waals surface area contributed by atoms with Gasteiger partial charge in [-0.05, 0) is 25.5 Å². The van der Waals surface area contributed by atoms with Crippen molar-refractivity contribution in [2.45, 2.75) is 20.3 Å². The van der Waals surface area contributed by atoms with E-state index in [1.165, 1.54) is 5.56 Å². The van der Waals surface area contributed by atoms with E-state index in [0.717, 1.165) is 18.7 Å². The molecular formula is C15H21N5O. The van der Waals surface area contributed by atoms with E-state index < -0.39 is 0 Å². The smallest absolute Gasteiger partial charge is 0.322 e. The molecule has 0 saturated heterocycles. The molecule has 112 valence electrons. The summed E-state index contributed by atoms with van der Waals surface area (Å²) in [6.07, 6.45) is 0.997. The molecule has 1 N–H and O–H groups in total. The number of aryl methyl sites for hydroxylation is 1. The van der Waals surface area contributed by atoms with Crippen LogP contribution in [0.25, 0.3) is 0 Å². The second kappa shape index (κ2) is 6.88. The topological polar surface area (TPSA) is 63.2 Å². The first kappa shape index (κ1) is 15.0. The Labute approximate surface area is 125 Å². The van der Waals surface area contributed by atoms with Gasteiger partial charge >= 0.3 is 6.01 Å². The zero-order valence-electron chi connectivity index (χ0n) is 12.9. The summed E-state index contributed by atoms with van der Waals surface area (Å²) < 4.78 is 5.15. The summed E-state index contributed by atoms with van der Waals surface area (Å²) in [4.78, 5) is 14.8. The van der Waals surface area contributed by atoms with Gasteiger partial charge in [0.05, 0.1) is 7.11 Å². The van der Waals surface area contributed by atoms with Crippen LogP contribution < -0.4 is 15.0 Å². The number of methoxy groups -OCH3 is 1. The van der Waals surface area contributed by atoms with Gasteiger partial charge in [-0.3, -0.25) is 0 Å². The minimum atomic E-state index is 0.303. The molecule has 21 heavy (non-hydrogen) atoms. The Balaban J connectivity index is 2.30. The molecule has 0 atom stereocenters. The van der Waals surface area contributed by atoms with Gasteiger partial charge in [0.25, 0.3) is 0 Å². The summed E-state index contributed by atoms with van der Waals surface area (Å²) in [5, 5.41) is 3.16. The van der Waals surface area contributed by atoms with Crippen molar-refractivity contribution in [1.82, 2.24) is 15.0 Å². The molecule has 0 aliphatic rings. The lowest BCUT2D eigenvalue weighted by molar-refractivity contribution is 0.379. The van der Waals surface area contributed by atoms with E-state index in [1.807, 2.05) is 24.1 Å². The van der Waals surface area contributed by atoms with Crippen LogP contribution in [0.15, 0.2) is 24.3 Å². The average Bonchev–Trinajstić information content (AvgIpc) is 2.52. The molecule has 0 aliphatic heterocycles. The second-order valence-electron chi connectivity index (χ2n) is 4.77. The van der Waals surface area contributed by atoms with Crippen LogP contribution in [0.5, 0.6) is 6.01 Å². The maximum Gasteiger partial charge on any atom is 0.322 e. The Morgan fingerprint density at radius 3 is 2.48 bits per heavy atom. The number of hydrogen-bond donors (Lipinski definition) is 1. The van der Waals surface area contributed by atoms with Crippen molar-refractivity contribution in [2.75, 3.05) is 30.9 Å². The first-order chi connectivity index (χ1) is 10.1. The minimum Gasteiger partial charge on any atom is -0.467 e. The van der Waals surface area contributed by atoms with Crippen molar-refractivity contribution in [1.29, 1.82) is 0 Å². The maximum absolute atomic E-state index is 5.15. The SMILES string of the molecule is CCCNc1nc(OC)nc(N(C)c2ccc(C)cc2)n1. The van der Waals surface area contributed by atoms with Gasteiger partial charge in [0.15, 0.2) is 0 Å². The Bertz CT molecular complexity index is 585. The van der Waals surface area contributed by atoms with Crippen LogP contribution in [0.1, 0.15) is 18.9 Å². The molecule has 2 aromatic rings. The van der Waals surface area contributed by atoms with Gasteiger partial charge < -0.3 is 15.0 Å². The van der Waals surface area contributed by atoms with Crippen molar-refractivity contribution < 1.29 is 4.74 Å². The first-order valence-electron chi connectivity index (χ1n) is 6.98. The largest absolute Gasteiger partial charge is 0.467 e. The van der Waals surface area contributed by atoms with Crippen molar-refractivity contribution in [3.05, 3.63) is 29.8 Å². The molecule has 6 nitrogen and oxygen atoms in total. The van der Waals surface area contributed by atoms with E-state index in [4.69, 9.17) is 4.74 Å². The van der Waals surface area contributed by atoms with E-state index in [1.54, 1.807) is 7.11 Å². The number of anilines is 3. The van der Waals surface area contributed by atoms with Crippen LogP contribution in [0, 0.1) is 6.92 Å². The molecule has 0 aliphatic carbocycles. The predicted octanol–water partition coefficient (Wildman–Crippen LogP) is 2.78. The molecule has 0 fully saturated rings. The fraction of sp³-hybridized carbons (Fsp3) is 0.400. The highest BCUT2D eigenvalue weighted by molar-refractivity contribution is 5.57. The van der Waals surface area contributed by atoms with Gasteiger partial charge in [-0.2, -0.15) is 15.0 Å². The highest BCUT2D eigenvalue weighted by Crippen LogP contribution is 2.22. The zero-order valence-corrected chi connectivity index (χ0v) is 12.9. The molecule has 6 heteroatoms. The highest BCUT2D eigenvalue weighted by atomic mass is 16.5. The number of aromatic nitrogens is 3. The Hall–Kier alpha value is -2.37. The Kier molecular flexibility index (Phi) is 4.92. The summed E-state index contributed by atoms with van der Waals surface area (Å²) in [6, 6.07) is 8.48. The van der Waals surface area contributed by atoms with Crippen molar-refractivity contribution in [3.63, 3.8) is 0 Å². The van der Waals surface area contributed by atoms with E-state index in [2.05, 4.69) is 46.2 Å². The quantitative estimate of drug-likeness (QED) is 0.881. The van der Waals surface area contributed by atoms with E-state index >= 15 is 0 Å². The van der Waals surface area contributed by atoms with Crippen molar-refractivity contribution in [3.8, 4) is 6.01 Å². The van der Waals surface area contributed by atoms with E-state index in [9.17, 15) is 0 Å². The van der Waals surface area contributed by atoms with Crippen LogP contribution in [0.3, 0.4) is 0 Å². The normalized spacial score (nSPS) is 10.3. The molecule has 1 aromatic heterocycles. The third kappa shape index (κ3) is 3.81. The minimum absolute atomic E-state index is 0.303. The number of ether oxygens (including phenoxy) is 1. The van der Waals surface area contributed by atoms with Gasteiger partial charge in [-0.1, -0.05) is 24.6 Å². The maximum atomic E-state index is 5.15. The molecule has 1 heterocycles. The van der Waals surface area contributed by atoms with Gasteiger partial charge in [0.2, 0.25) is 11.9 Å². The fourth-order valence-corrected chi connectivity index (χ4v) is 1.79. The lowest BCUT2D eigenvalue weighted by Gasteiger charge is -2.18. The number of benzene rings is 1. The lowest BCUT2D eigenvalue weighted by atomic mass is 10.2. The summed E-state index contributed by atoms with van der Waals surface area (Å²) in [5.74, 6) is 1.07. The van der Waals surface area contributed by atoms with Gasteiger partial charge in [0.1, 0.15) is 0 Å². The summed E-state index contributed by atoms with van der Waals surface area (Å²) in [6.45, 7) is 4.95. The Morgan fingerprint density at radius 1 is 1.14 bits per heavy atom. The summed E-state index contributed by atoms with van der Waals surface area (Å²) >= 11 is 0. The molecule has 0 amide bonds. The summed E-state index contributed by atoms with van der Waals surface area (Å²) in [5.41, 5.74) is 2.22. The highest BCUT2D eigenvalue weighted by Gasteiger charge is 2.12. The molecule has 0 radical (unpaired) electrons. The second-order valence-corrected chi connectivity index (χ2v) is 4.77. The summed E-state index contributed by atoms with van der Waals surface area (Å²) in [7, 11) is 3.47.